The molecule has 2 N–H and O–H groups in total. The lowest BCUT2D eigenvalue weighted by Gasteiger charge is -2.22. The molecule has 0 unspecified atom stereocenters. The second-order valence-electron chi connectivity index (χ2n) is 4.58. The molecule has 1 aromatic heterocycles. The van der Waals surface area contributed by atoms with Crippen molar-refractivity contribution >= 4 is 26.8 Å². The lowest BCUT2D eigenvalue weighted by molar-refractivity contribution is 0.0522. The third kappa shape index (κ3) is 3.89. The maximum Gasteiger partial charge on any atom is 0.342 e. The smallest absolute Gasteiger partial charge is 0.342 e. The first kappa shape index (κ1) is 16.1. The topological polar surface area (TPSA) is 118 Å². The van der Waals surface area contributed by atoms with Gasteiger partial charge in [-0.1, -0.05) is 0 Å². The molecule has 8 nitrogen and oxygen atoms in total. The minimum absolute atomic E-state index is 0.122. The van der Waals surface area contributed by atoms with Crippen molar-refractivity contribution in [3.8, 4) is 0 Å². The molecule has 1 aromatic rings. The molecule has 118 valence electrons. The molecule has 2 heterocycles. The molecule has 1 aliphatic rings. The summed E-state index contributed by atoms with van der Waals surface area (Å²) < 4.78 is 43.2. The zero-order valence-corrected chi connectivity index (χ0v) is 13.1. The highest BCUT2D eigenvalue weighted by molar-refractivity contribution is 7.89. The Hall–Kier alpha value is -1.26. The fourth-order valence-corrected chi connectivity index (χ4v) is 4.71. The normalized spacial score (nSPS) is 22.9. The van der Waals surface area contributed by atoms with Gasteiger partial charge in [0.05, 0.1) is 12.8 Å². The zero-order chi connectivity index (χ0) is 15.5. The van der Waals surface area contributed by atoms with Crippen LogP contribution < -0.4 is 4.72 Å². The van der Waals surface area contributed by atoms with Crippen LogP contribution in [0.25, 0.3) is 0 Å². The summed E-state index contributed by atoms with van der Waals surface area (Å²) in [5.41, 5.74) is -0.122. The van der Waals surface area contributed by atoms with Crippen LogP contribution in [0, 0.1) is 0 Å². The number of nitrogens with one attached hydrogen (secondary N) is 2. The van der Waals surface area contributed by atoms with E-state index in [-0.39, 0.29) is 23.2 Å². The van der Waals surface area contributed by atoms with Gasteiger partial charge in [0.25, 0.3) is 10.0 Å². The van der Waals surface area contributed by atoms with E-state index in [2.05, 4.69) is 14.9 Å². The molecule has 0 aromatic carbocycles. The van der Waals surface area contributed by atoms with E-state index < -0.39 is 26.8 Å². The van der Waals surface area contributed by atoms with E-state index in [9.17, 15) is 17.4 Å². The molecule has 1 fully saturated rings. The van der Waals surface area contributed by atoms with Crippen molar-refractivity contribution in [2.24, 2.45) is 0 Å². The fraction of sp³-hybridized carbons (Fsp3) is 0.636. The van der Waals surface area contributed by atoms with E-state index in [4.69, 9.17) is 4.74 Å². The highest BCUT2D eigenvalue weighted by Gasteiger charge is 2.29. The van der Waals surface area contributed by atoms with Gasteiger partial charge in [-0.05, 0) is 19.8 Å². The molecule has 2 rings (SSSR count). The zero-order valence-electron chi connectivity index (χ0n) is 11.5. The number of hydrogen-bond donors (Lipinski definition) is 2. The van der Waals surface area contributed by atoms with E-state index in [0.29, 0.717) is 24.3 Å². The largest absolute Gasteiger partial charge is 0.462 e. The highest BCUT2D eigenvalue weighted by Crippen LogP contribution is 2.16. The summed E-state index contributed by atoms with van der Waals surface area (Å²) in [6, 6.07) is -0.286. The number of hydrogen-bond acceptors (Lipinski definition) is 6. The Balaban J connectivity index is 2.15. The number of nitrogens with zero attached hydrogens (tertiary/aromatic N) is 1. The van der Waals surface area contributed by atoms with Crippen LogP contribution in [-0.4, -0.2) is 52.9 Å². The van der Waals surface area contributed by atoms with E-state index in [1.165, 1.54) is 0 Å². The number of aromatic nitrogens is 2. The average molecular weight is 335 g/mol. The minimum Gasteiger partial charge on any atom is -0.462 e. The van der Waals surface area contributed by atoms with Gasteiger partial charge in [0.2, 0.25) is 0 Å². The van der Waals surface area contributed by atoms with Gasteiger partial charge in [-0.15, -0.1) is 0 Å². The van der Waals surface area contributed by atoms with Crippen LogP contribution in [0.5, 0.6) is 0 Å². The predicted molar refractivity (Wildman–Crippen MR) is 75.8 cm³/mol. The van der Waals surface area contributed by atoms with Crippen LogP contribution >= 0.6 is 0 Å². The molecule has 1 saturated heterocycles. The Bertz CT molecular complexity index is 630. The van der Waals surface area contributed by atoms with E-state index in [0.717, 1.165) is 6.20 Å². The third-order valence-corrected chi connectivity index (χ3v) is 5.95. The van der Waals surface area contributed by atoms with Gasteiger partial charge in [0, 0.05) is 28.3 Å². The van der Waals surface area contributed by atoms with Crippen molar-refractivity contribution in [2.45, 2.75) is 30.8 Å². The number of ether oxygens (including phenoxy) is 1. The first-order chi connectivity index (χ1) is 9.94. The number of aromatic amines is 1. The summed E-state index contributed by atoms with van der Waals surface area (Å²) in [4.78, 5) is 11.7. The minimum atomic E-state index is -3.90. The number of carbonyl (C=O) groups is 1. The van der Waals surface area contributed by atoms with Gasteiger partial charge in [0.1, 0.15) is 5.56 Å². The maximum atomic E-state index is 12.3. The van der Waals surface area contributed by atoms with Gasteiger partial charge < -0.3 is 4.74 Å². The quantitative estimate of drug-likeness (QED) is 0.718. The SMILES string of the molecule is CCOC(=O)c1cn[nH]c1S(=O)(=O)NC1CCS(=O)CC1. The number of sulfonamides is 1. The first-order valence-corrected chi connectivity index (χ1v) is 9.49. The molecule has 10 heteroatoms. The summed E-state index contributed by atoms with van der Waals surface area (Å²) in [5, 5.41) is 5.63. The second-order valence-corrected chi connectivity index (χ2v) is 7.92. The van der Waals surface area contributed by atoms with Crippen molar-refractivity contribution in [3.63, 3.8) is 0 Å². The Morgan fingerprint density at radius 2 is 2.19 bits per heavy atom. The molecule has 0 spiro atoms. The molecule has 0 bridgehead atoms. The van der Waals surface area contributed by atoms with Crippen LogP contribution in [0.1, 0.15) is 30.1 Å². The van der Waals surface area contributed by atoms with Gasteiger partial charge in [-0.25, -0.2) is 17.9 Å². The van der Waals surface area contributed by atoms with Gasteiger partial charge >= 0.3 is 5.97 Å². The third-order valence-electron chi connectivity index (χ3n) is 3.08. The summed E-state index contributed by atoms with van der Waals surface area (Å²) in [6.07, 6.45) is 2.14. The Labute approximate surface area is 125 Å². The first-order valence-electron chi connectivity index (χ1n) is 6.52. The molecule has 0 amide bonds. The second kappa shape index (κ2) is 6.67. The molecule has 21 heavy (non-hydrogen) atoms. The summed E-state index contributed by atoms with van der Waals surface area (Å²) in [7, 11) is -4.77. The van der Waals surface area contributed by atoms with Gasteiger partial charge in [0.15, 0.2) is 5.03 Å². The van der Waals surface area contributed by atoms with E-state index >= 15 is 0 Å². The summed E-state index contributed by atoms with van der Waals surface area (Å²) in [5.74, 6) is 0.207. The lowest BCUT2D eigenvalue weighted by atomic mass is 10.2. The van der Waals surface area contributed by atoms with E-state index in [1.54, 1.807) is 6.92 Å². The predicted octanol–water partition coefficient (Wildman–Crippen LogP) is -0.224. The fourth-order valence-electron chi connectivity index (χ4n) is 2.02. The van der Waals surface area contributed by atoms with Crippen molar-refractivity contribution in [3.05, 3.63) is 11.8 Å². The van der Waals surface area contributed by atoms with Crippen molar-refractivity contribution in [1.29, 1.82) is 0 Å². The van der Waals surface area contributed by atoms with Crippen LogP contribution in [0.4, 0.5) is 0 Å². The molecule has 0 radical (unpaired) electrons. The summed E-state index contributed by atoms with van der Waals surface area (Å²) in [6.45, 7) is 1.78. The van der Waals surface area contributed by atoms with Crippen LogP contribution in [-0.2, 0) is 25.6 Å². The number of carbonyl (C=O) groups excluding carboxylic acids is 1. The van der Waals surface area contributed by atoms with E-state index in [1.807, 2.05) is 0 Å². The maximum absolute atomic E-state index is 12.3. The monoisotopic (exact) mass is 335 g/mol. The van der Waals surface area contributed by atoms with Crippen molar-refractivity contribution in [1.82, 2.24) is 14.9 Å². The van der Waals surface area contributed by atoms with Crippen LogP contribution in [0.3, 0.4) is 0 Å². The number of H-pyrrole nitrogens is 1. The Morgan fingerprint density at radius 3 is 2.81 bits per heavy atom. The lowest BCUT2D eigenvalue weighted by Crippen LogP contribution is -2.40. The summed E-state index contributed by atoms with van der Waals surface area (Å²) >= 11 is 0. The molecule has 0 aliphatic carbocycles. The Morgan fingerprint density at radius 1 is 1.52 bits per heavy atom. The Kier molecular flexibility index (Phi) is 5.12. The molecule has 1 aliphatic heterocycles. The van der Waals surface area contributed by atoms with Gasteiger partial charge in [-0.2, -0.15) is 5.10 Å². The molecular weight excluding hydrogens is 318 g/mol. The van der Waals surface area contributed by atoms with Crippen LogP contribution in [0.2, 0.25) is 0 Å². The van der Waals surface area contributed by atoms with Gasteiger partial charge in [-0.3, -0.25) is 9.31 Å². The van der Waals surface area contributed by atoms with Crippen molar-refractivity contribution in [2.75, 3.05) is 18.1 Å². The molecule has 0 atom stereocenters. The average Bonchev–Trinajstić information content (AvgIpc) is 2.92. The van der Waals surface area contributed by atoms with Crippen LogP contribution in [0.15, 0.2) is 11.2 Å². The highest BCUT2D eigenvalue weighted by atomic mass is 32.2. The molecule has 0 saturated carbocycles. The number of esters is 1. The molecular formula is C11H17N3O5S2. The number of rotatable bonds is 5. The van der Waals surface area contributed by atoms with Crippen molar-refractivity contribution < 1.29 is 22.2 Å². The standard InChI is InChI=1S/C11H17N3O5S2/c1-2-19-11(15)9-7-12-13-10(9)21(17,18)14-8-3-5-20(16)6-4-8/h7-8,14H,2-6H2,1H3,(H,12,13).